The van der Waals surface area contributed by atoms with Gasteiger partial charge in [-0.3, -0.25) is 4.98 Å². The van der Waals surface area contributed by atoms with Gasteiger partial charge in [0.1, 0.15) is 5.60 Å². The number of aliphatic hydroxyl groups is 1. The van der Waals surface area contributed by atoms with E-state index < -0.39 is 5.60 Å². The van der Waals surface area contributed by atoms with Crippen molar-refractivity contribution in [3.8, 4) is 0 Å². The molecule has 0 aliphatic rings. The van der Waals surface area contributed by atoms with Crippen LogP contribution in [0, 0.1) is 0 Å². The fourth-order valence-corrected chi connectivity index (χ4v) is 4.77. The van der Waals surface area contributed by atoms with Crippen molar-refractivity contribution >= 4 is 46.0 Å². The average molecular weight is 454 g/mol. The maximum Gasteiger partial charge on any atom is 0.141 e. The van der Waals surface area contributed by atoms with Crippen LogP contribution < -0.4 is 0 Å². The van der Waals surface area contributed by atoms with Crippen LogP contribution in [0.3, 0.4) is 0 Å². The average Bonchev–Trinajstić information content (AvgIpc) is 3.39. The maximum absolute atomic E-state index is 12.1. The Balaban J connectivity index is 1.67. The van der Waals surface area contributed by atoms with E-state index in [0.717, 1.165) is 38.7 Å². The van der Waals surface area contributed by atoms with E-state index in [1.165, 1.54) is 0 Å². The van der Waals surface area contributed by atoms with E-state index >= 15 is 0 Å². The molecule has 2 aromatic heterocycles. The Kier molecular flexibility index (Phi) is 5.62. The Morgan fingerprint density at radius 3 is 2.34 bits per heavy atom. The minimum atomic E-state index is -1.30. The van der Waals surface area contributed by atoms with Gasteiger partial charge in [-0.25, -0.2) is 0 Å². The fourth-order valence-electron chi connectivity index (χ4n) is 3.95. The van der Waals surface area contributed by atoms with Crippen molar-refractivity contribution < 1.29 is 5.11 Å². The fraction of sp³-hybridized carbons (Fsp3) is 0.0357. The second-order valence-electron chi connectivity index (χ2n) is 7.61. The van der Waals surface area contributed by atoms with Crippen LogP contribution in [0.5, 0.6) is 0 Å². The summed E-state index contributed by atoms with van der Waals surface area (Å²) in [6, 6.07) is 27.5. The van der Waals surface area contributed by atoms with Crippen molar-refractivity contribution in [1.82, 2.24) is 4.98 Å². The van der Waals surface area contributed by atoms with Crippen molar-refractivity contribution in [1.29, 1.82) is 0 Å². The molecule has 1 N–H and O–H groups in total. The molecule has 1 atom stereocenters. The van der Waals surface area contributed by atoms with Crippen molar-refractivity contribution in [2.75, 3.05) is 0 Å². The first kappa shape index (κ1) is 20.7. The van der Waals surface area contributed by atoms with Crippen LogP contribution >= 0.6 is 22.9 Å². The SMILES string of the molecule is OC(c1ccc(Cl)cc1)(c1ccsc1)c1ccc2nccc(/C=C/c3ccccc3)c2c1. The highest BCUT2D eigenvalue weighted by molar-refractivity contribution is 7.08. The second-order valence-corrected chi connectivity index (χ2v) is 8.82. The van der Waals surface area contributed by atoms with E-state index in [0.29, 0.717) is 5.02 Å². The first-order chi connectivity index (χ1) is 15.6. The van der Waals surface area contributed by atoms with E-state index in [2.05, 4.69) is 29.3 Å². The molecule has 0 aliphatic carbocycles. The standard InChI is InChI=1S/C28H20ClNOS/c29-25-11-8-22(9-12-25)28(31,24-15-17-32-19-24)23-10-13-27-26(18-23)21(14-16-30-27)7-6-20-4-2-1-3-5-20/h1-19,31H/b7-6+. The quantitative estimate of drug-likeness (QED) is 0.300. The van der Waals surface area contributed by atoms with Crippen LogP contribution in [-0.2, 0) is 5.60 Å². The summed E-state index contributed by atoms with van der Waals surface area (Å²) in [4.78, 5) is 4.54. The molecule has 0 spiro atoms. The molecule has 5 rings (SSSR count). The van der Waals surface area contributed by atoms with Gasteiger partial charge < -0.3 is 5.11 Å². The number of aromatic nitrogens is 1. The van der Waals surface area contributed by atoms with Crippen molar-refractivity contribution in [2.24, 2.45) is 0 Å². The second kappa shape index (κ2) is 8.71. The molecule has 156 valence electrons. The molecule has 0 fully saturated rings. The summed E-state index contributed by atoms with van der Waals surface area (Å²) >= 11 is 7.68. The van der Waals surface area contributed by atoms with Gasteiger partial charge in [-0.05, 0) is 69.4 Å². The highest BCUT2D eigenvalue weighted by Crippen LogP contribution is 2.39. The number of rotatable bonds is 5. The zero-order chi connectivity index (χ0) is 22.0. The molecule has 3 aromatic carbocycles. The molecule has 0 bridgehead atoms. The van der Waals surface area contributed by atoms with E-state index in [1.807, 2.05) is 89.8 Å². The van der Waals surface area contributed by atoms with E-state index in [-0.39, 0.29) is 0 Å². The number of hydrogen-bond acceptors (Lipinski definition) is 3. The summed E-state index contributed by atoms with van der Waals surface area (Å²) < 4.78 is 0. The highest BCUT2D eigenvalue weighted by Gasteiger charge is 2.34. The van der Waals surface area contributed by atoms with Crippen molar-refractivity contribution in [2.45, 2.75) is 5.60 Å². The summed E-state index contributed by atoms with van der Waals surface area (Å²) in [7, 11) is 0. The first-order valence-corrected chi connectivity index (χ1v) is 11.6. The Bertz CT molecular complexity index is 1380. The molecule has 0 saturated carbocycles. The monoisotopic (exact) mass is 453 g/mol. The molecule has 0 radical (unpaired) electrons. The molecule has 0 amide bonds. The van der Waals surface area contributed by atoms with Crippen LogP contribution in [0.15, 0.2) is 102 Å². The third-order valence-electron chi connectivity index (χ3n) is 5.65. The Morgan fingerprint density at radius 2 is 1.59 bits per heavy atom. The molecular formula is C28H20ClNOS. The van der Waals surface area contributed by atoms with E-state index in [9.17, 15) is 5.11 Å². The largest absolute Gasteiger partial charge is 0.376 e. The molecule has 1 unspecified atom stereocenters. The Morgan fingerprint density at radius 1 is 0.812 bits per heavy atom. The third-order valence-corrected chi connectivity index (χ3v) is 6.58. The van der Waals surface area contributed by atoms with Gasteiger partial charge in [-0.15, -0.1) is 0 Å². The van der Waals surface area contributed by atoms with Gasteiger partial charge in [0, 0.05) is 22.2 Å². The minimum absolute atomic E-state index is 0.637. The molecule has 5 aromatic rings. The molecule has 0 saturated heterocycles. The number of benzene rings is 3. The molecule has 32 heavy (non-hydrogen) atoms. The van der Waals surface area contributed by atoms with Gasteiger partial charge in [-0.1, -0.05) is 72.3 Å². The molecular weight excluding hydrogens is 434 g/mol. The summed E-state index contributed by atoms with van der Waals surface area (Å²) in [6.07, 6.45) is 6.00. The number of halogens is 1. The van der Waals surface area contributed by atoms with Crippen LogP contribution in [0.25, 0.3) is 23.1 Å². The number of fused-ring (bicyclic) bond motifs is 1. The van der Waals surface area contributed by atoms with Gasteiger partial charge in [0.15, 0.2) is 0 Å². The summed E-state index contributed by atoms with van der Waals surface area (Å²) in [5.41, 5.74) is 4.14. The summed E-state index contributed by atoms with van der Waals surface area (Å²) in [5, 5.41) is 17.7. The van der Waals surface area contributed by atoms with Crippen LogP contribution in [0.2, 0.25) is 5.02 Å². The molecule has 4 heteroatoms. The number of pyridine rings is 1. The van der Waals surface area contributed by atoms with Crippen LogP contribution in [0.4, 0.5) is 0 Å². The lowest BCUT2D eigenvalue weighted by Crippen LogP contribution is -2.28. The summed E-state index contributed by atoms with van der Waals surface area (Å²) in [6.45, 7) is 0. The lowest BCUT2D eigenvalue weighted by Gasteiger charge is -2.29. The maximum atomic E-state index is 12.1. The smallest absolute Gasteiger partial charge is 0.141 e. The lowest BCUT2D eigenvalue weighted by molar-refractivity contribution is 0.126. The van der Waals surface area contributed by atoms with Gasteiger partial charge in [0.25, 0.3) is 0 Å². The predicted octanol–water partition coefficient (Wildman–Crippen LogP) is 7.40. The van der Waals surface area contributed by atoms with Gasteiger partial charge in [0.05, 0.1) is 5.52 Å². The lowest BCUT2D eigenvalue weighted by atomic mass is 9.81. The number of nitrogens with zero attached hydrogens (tertiary/aromatic N) is 1. The number of thiophene rings is 1. The predicted molar refractivity (Wildman–Crippen MR) is 135 cm³/mol. The van der Waals surface area contributed by atoms with Crippen molar-refractivity contribution in [3.63, 3.8) is 0 Å². The third kappa shape index (κ3) is 3.87. The molecule has 2 nitrogen and oxygen atoms in total. The van der Waals surface area contributed by atoms with Gasteiger partial charge >= 0.3 is 0 Å². The Labute approximate surface area is 196 Å². The summed E-state index contributed by atoms with van der Waals surface area (Å²) in [5.74, 6) is 0. The van der Waals surface area contributed by atoms with Crippen LogP contribution in [0.1, 0.15) is 27.8 Å². The van der Waals surface area contributed by atoms with Crippen molar-refractivity contribution in [3.05, 3.63) is 135 Å². The zero-order valence-corrected chi connectivity index (χ0v) is 18.7. The van der Waals surface area contributed by atoms with E-state index in [4.69, 9.17) is 11.6 Å². The molecule has 2 heterocycles. The number of hydrogen-bond donors (Lipinski definition) is 1. The van der Waals surface area contributed by atoms with E-state index in [1.54, 1.807) is 11.3 Å². The first-order valence-electron chi connectivity index (χ1n) is 10.3. The molecule has 0 aliphatic heterocycles. The van der Waals surface area contributed by atoms with Gasteiger partial charge in [0.2, 0.25) is 0 Å². The zero-order valence-electron chi connectivity index (χ0n) is 17.2. The van der Waals surface area contributed by atoms with Gasteiger partial charge in [-0.2, -0.15) is 11.3 Å². The normalized spacial score (nSPS) is 13.4. The highest BCUT2D eigenvalue weighted by atomic mass is 35.5. The minimum Gasteiger partial charge on any atom is -0.376 e. The van der Waals surface area contributed by atoms with Crippen LogP contribution in [-0.4, -0.2) is 10.1 Å². The Hall–Kier alpha value is -3.24. The topological polar surface area (TPSA) is 33.1 Å².